The van der Waals surface area contributed by atoms with E-state index in [9.17, 15) is 9.90 Å². The van der Waals surface area contributed by atoms with Crippen molar-refractivity contribution >= 4 is 5.91 Å². The molecule has 2 aromatic carbocycles. The number of carbonyl (C=O) groups is 1. The van der Waals surface area contributed by atoms with E-state index in [1.54, 1.807) is 12.1 Å². The zero-order valence-corrected chi connectivity index (χ0v) is 12.8. The fourth-order valence-electron chi connectivity index (χ4n) is 3.46. The highest BCUT2D eigenvalue weighted by Crippen LogP contribution is 2.37. The van der Waals surface area contributed by atoms with Gasteiger partial charge in [0.1, 0.15) is 5.75 Å². The van der Waals surface area contributed by atoms with Crippen LogP contribution in [0.5, 0.6) is 5.75 Å². The summed E-state index contributed by atoms with van der Waals surface area (Å²) in [6, 6.07) is 12.9. The largest absolute Gasteiger partial charge is 0.493 e. The number of aliphatic hydroxyl groups is 1. The van der Waals surface area contributed by atoms with Gasteiger partial charge in [0, 0.05) is 12.0 Å². The third kappa shape index (κ3) is 2.59. The molecule has 118 valence electrons. The second-order valence-corrected chi connectivity index (χ2v) is 6.19. The van der Waals surface area contributed by atoms with E-state index < -0.39 is 6.10 Å². The summed E-state index contributed by atoms with van der Waals surface area (Å²) in [7, 11) is 0. The minimum atomic E-state index is -0.694. The predicted molar refractivity (Wildman–Crippen MR) is 86.6 cm³/mol. The van der Waals surface area contributed by atoms with Crippen molar-refractivity contribution in [2.24, 2.45) is 0 Å². The number of benzene rings is 2. The van der Waals surface area contributed by atoms with E-state index >= 15 is 0 Å². The molecule has 4 rings (SSSR count). The average Bonchev–Trinajstić information content (AvgIpc) is 3.04. The predicted octanol–water partition coefficient (Wildman–Crippen LogP) is 2.40. The van der Waals surface area contributed by atoms with Gasteiger partial charge in [0.25, 0.3) is 5.91 Å². The molecule has 4 heteroatoms. The molecule has 1 aliphatic carbocycles. The van der Waals surface area contributed by atoms with Gasteiger partial charge in [-0.2, -0.15) is 0 Å². The minimum Gasteiger partial charge on any atom is -0.493 e. The number of hydrogen-bond donors (Lipinski definition) is 2. The summed E-state index contributed by atoms with van der Waals surface area (Å²) in [4.78, 5) is 12.3. The third-order valence-electron chi connectivity index (χ3n) is 4.73. The van der Waals surface area contributed by atoms with Crippen molar-refractivity contribution in [2.45, 2.75) is 31.4 Å². The van der Waals surface area contributed by atoms with Gasteiger partial charge in [-0.15, -0.1) is 0 Å². The van der Waals surface area contributed by atoms with Crippen LogP contribution in [0, 0.1) is 0 Å². The molecule has 0 aromatic heterocycles. The summed E-state index contributed by atoms with van der Waals surface area (Å²) in [5.41, 5.74) is 3.90. The van der Waals surface area contributed by atoms with E-state index in [0.29, 0.717) is 12.2 Å². The first-order valence-corrected chi connectivity index (χ1v) is 8.05. The molecule has 1 aliphatic heterocycles. The van der Waals surface area contributed by atoms with Crippen LogP contribution in [0.3, 0.4) is 0 Å². The van der Waals surface area contributed by atoms with Crippen molar-refractivity contribution in [1.82, 2.24) is 5.32 Å². The normalized spacial score (nSPS) is 22.0. The molecule has 4 nitrogen and oxygen atoms in total. The summed E-state index contributed by atoms with van der Waals surface area (Å²) in [6.07, 6.45) is 1.85. The van der Waals surface area contributed by atoms with Crippen molar-refractivity contribution in [3.05, 3.63) is 64.7 Å². The first-order valence-electron chi connectivity index (χ1n) is 8.05. The summed E-state index contributed by atoms with van der Waals surface area (Å²) in [5.74, 6) is 0.730. The Labute approximate surface area is 135 Å². The highest BCUT2D eigenvalue weighted by atomic mass is 16.5. The van der Waals surface area contributed by atoms with E-state index in [0.717, 1.165) is 30.6 Å². The van der Waals surface area contributed by atoms with Crippen LogP contribution < -0.4 is 10.1 Å². The maximum Gasteiger partial charge on any atom is 0.251 e. The number of aliphatic hydroxyl groups excluding tert-OH is 1. The Morgan fingerprint density at radius 3 is 2.78 bits per heavy atom. The molecule has 0 fully saturated rings. The molecule has 2 atom stereocenters. The Morgan fingerprint density at radius 2 is 1.96 bits per heavy atom. The van der Waals surface area contributed by atoms with Crippen LogP contribution in [-0.4, -0.2) is 23.7 Å². The van der Waals surface area contributed by atoms with Gasteiger partial charge in [0.15, 0.2) is 0 Å². The van der Waals surface area contributed by atoms with Crippen molar-refractivity contribution in [3.8, 4) is 5.75 Å². The fraction of sp³-hybridized carbons (Fsp3) is 0.316. The Balaban J connectivity index is 1.55. The number of fused-ring (bicyclic) bond motifs is 2. The molecule has 1 heterocycles. The van der Waals surface area contributed by atoms with Crippen LogP contribution in [-0.2, 0) is 12.8 Å². The molecule has 1 amide bonds. The molecular weight excluding hydrogens is 290 g/mol. The molecular formula is C19H19NO3. The molecule has 0 saturated heterocycles. The van der Waals surface area contributed by atoms with Gasteiger partial charge in [-0.05, 0) is 47.7 Å². The van der Waals surface area contributed by atoms with Crippen LogP contribution >= 0.6 is 0 Å². The summed E-state index contributed by atoms with van der Waals surface area (Å²) >= 11 is 0. The van der Waals surface area contributed by atoms with Gasteiger partial charge >= 0.3 is 0 Å². The summed E-state index contributed by atoms with van der Waals surface area (Å²) in [6.45, 7) is 0.711. The lowest BCUT2D eigenvalue weighted by molar-refractivity contribution is 0.0799. The lowest BCUT2D eigenvalue weighted by Crippen LogP contribution is -2.41. The molecule has 2 aromatic rings. The number of rotatable bonds is 2. The topological polar surface area (TPSA) is 58.6 Å². The first kappa shape index (κ1) is 14.3. The Hall–Kier alpha value is -2.33. The summed E-state index contributed by atoms with van der Waals surface area (Å²) < 4.78 is 5.60. The van der Waals surface area contributed by atoms with E-state index in [2.05, 4.69) is 11.4 Å². The zero-order chi connectivity index (χ0) is 15.8. The van der Waals surface area contributed by atoms with Crippen LogP contribution in [0.15, 0.2) is 42.5 Å². The fourth-order valence-corrected chi connectivity index (χ4v) is 3.46. The number of nitrogens with one attached hydrogen (secondary N) is 1. The van der Waals surface area contributed by atoms with Crippen LogP contribution in [0.4, 0.5) is 0 Å². The number of amides is 1. The molecule has 0 spiro atoms. The second kappa shape index (κ2) is 5.70. The van der Waals surface area contributed by atoms with E-state index in [4.69, 9.17) is 4.74 Å². The SMILES string of the molecule is O=C(N[C@H]1CCc2cc3c(cc2[C@@H]1O)OCC3)c1ccccc1. The average molecular weight is 309 g/mol. The van der Waals surface area contributed by atoms with Gasteiger partial charge in [-0.3, -0.25) is 4.79 Å². The Morgan fingerprint density at radius 1 is 1.13 bits per heavy atom. The highest BCUT2D eigenvalue weighted by molar-refractivity contribution is 5.94. The standard InChI is InChI=1S/C19H19NO3/c21-18-15-11-17-14(8-9-23-17)10-13(15)6-7-16(18)20-19(22)12-4-2-1-3-5-12/h1-5,10-11,16,18,21H,6-9H2,(H,20,22)/t16-,18-/m0/s1. The minimum absolute atomic E-state index is 0.143. The van der Waals surface area contributed by atoms with Gasteiger partial charge in [0.05, 0.1) is 18.8 Å². The van der Waals surface area contributed by atoms with E-state index in [-0.39, 0.29) is 11.9 Å². The number of carbonyl (C=O) groups excluding carboxylic acids is 1. The van der Waals surface area contributed by atoms with Gasteiger partial charge in [-0.1, -0.05) is 24.3 Å². The van der Waals surface area contributed by atoms with Crippen molar-refractivity contribution in [3.63, 3.8) is 0 Å². The molecule has 2 aliphatic rings. The third-order valence-corrected chi connectivity index (χ3v) is 4.73. The van der Waals surface area contributed by atoms with Crippen LogP contribution in [0.25, 0.3) is 0 Å². The van der Waals surface area contributed by atoms with Crippen molar-refractivity contribution < 1.29 is 14.6 Å². The van der Waals surface area contributed by atoms with E-state index in [1.807, 2.05) is 24.3 Å². The van der Waals surface area contributed by atoms with Crippen molar-refractivity contribution in [2.75, 3.05) is 6.61 Å². The lowest BCUT2D eigenvalue weighted by Gasteiger charge is -2.31. The monoisotopic (exact) mass is 309 g/mol. The smallest absolute Gasteiger partial charge is 0.251 e. The molecule has 0 bridgehead atoms. The number of hydrogen-bond acceptors (Lipinski definition) is 3. The maximum atomic E-state index is 12.3. The lowest BCUT2D eigenvalue weighted by atomic mass is 9.84. The van der Waals surface area contributed by atoms with Crippen molar-refractivity contribution in [1.29, 1.82) is 0 Å². The van der Waals surface area contributed by atoms with Gasteiger partial charge in [0.2, 0.25) is 0 Å². The quantitative estimate of drug-likeness (QED) is 0.895. The highest BCUT2D eigenvalue weighted by Gasteiger charge is 2.31. The van der Waals surface area contributed by atoms with Crippen LogP contribution in [0.2, 0.25) is 0 Å². The number of aryl methyl sites for hydroxylation is 1. The molecule has 0 saturated carbocycles. The summed E-state index contributed by atoms with van der Waals surface area (Å²) in [5, 5.41) is 13.6. The molecule has 0 unspecified atom stereocenters. The Kier molecular flexibility index (Phi) is 3.54. The molecule has 0 radical (unpaired) electrons. The maximum absolute atomic E-state index is 12.3. The first-order chi connectivity index (χ1) is 11.2. The second-order valence-electron chi connectivity index (χ2n) is 6.19. The van der Waals surface area contributed by atoms with Crippen LogP contribution in [0.1, 0.15) is 39.6 Å². The molecule has 23 heavy (non-hydrogen) atoms. The number of ether oxygens (including phenoxy) is 1. The van der Waals surface area contributed by atoms with Gasteiger partial charge in [-0.25, -0.2) is 0 Å². The Bertz CT molecular complexity index is 742. The van der Waals surface area contributed by atoms with E-state index in [1.165, 1.54) is 11.1 Å². The zero-order valence-electron chi connectivity index (χ0n) is 12.8. The molecule has 2 N–H and O–H groups in total. The van der Waals surface area contributed by atoms with Gasteiger partial charge < -0.3 is 15.2 Å².